The molecule has 0 aliphatic rings. The number of aromatic hydroxyl groups is 1. The van der Waals surface area contributed by atoms with E-state index in [1.54, 1.807) is 12.1 Å². The third-order valence-electron chi connectivity index (χ3n) is 5.39. The van der Waals surface area contributed by atoms with Crippen LogP contribution in [0.3, 0.4) is 0 Å². The summed E-state index contributed by atoms with van der Waals surface area (Å²) in [6.45, 7) is 7.40. The van der Waals surface area contributed by atoms with Gasteiger partial charge in [0.25, 0.3) is 0 Å². The van der Waals surface area contributed by atoms with Gasteiger partial charge >= 0.3 is 0 Å². The van der Waals surface area contributed by atoms with Crippen LogP contribution in [0, 0.1) is 0 Å². The Hall–Kier alpha value is -3.17. The van der Waals surface area contributed by atoms with Crippen molar-refractivity contribution in [2.24, 2.45) is 0 Å². The molecule has 3 rings (SSSR count). The van der Waals surface area contributed by atoms with Gasteiger partial charge in [-0.25, -0.2) is 0 Å². The zero-order valence-corrected chi connectivity index (χ0v) is 19.2. The number of hydrogen-bond donors (Lipinski definition) is 2. The molecule has 0 aromatic heterocycles. The molecule has 0 aliphatic carbocycles. The Kier molecular flexibility index (Phi) is 10.4. The molecule has 0 aliphatic heterocycles. The van der Waals surface area contributed by atoms with Crippen LogP contribution >= 0.6 is 0 Å². The second kappa shape index (κ2) is 13.3. The van der Waals surface area contributed by atoms with Gasteiger partial charge < -0.3 is 10.2 Å². The highest BCUT2D eigenvalue weighted by molar-refractivity contribution is 5.74. The molecule has 3 aromatic rings. The van der Waals surface area contributed by atoms with Gasteiger partial charge in [-0.1, -0.05) is 87.9 Å². The molecule has 3 heteroatoms. The minimum atomic E-state index is -0.233. The first-order valence-corrected chi connectivity index (χ1v) is 11.3. The van der Waals surface area contributed by atoms with Crippen molar-refractivity contribution in [3.8, 4) is 28.0 Å². The van der Waals surface area contributed by atoms with Gasteiger partial charge in [-0.05, 0) is 64.8 Å². The molecular weight excluding hydrogens is 396 g/mol. The first kappa shape index (κ1) is 25.1. The third kappa shape index (κ3) is 7.51. The van der Waals surface area contributed by atoms with Crippen LogP contribution in [0.25, 0.3) is 22.3 Å². The van der Waals surface area contributed by atoms with Gasteiger partial charge in [0.15, 0.2) is 0 Å². The van der Waals surface area contributed by atoms with E-state index in [0.29, 0.717) is 12.0 Å². The van der Waals surface area contributed by atoms with Gasteiger partial charge in [-0.3, -0.25) is 4.79 Å². The quantitative estimate of drug-likeness (QED) is 0.224. The molecule has 0 radical (unpaired) electrons. The van der Waals surface area contributed by atoms with E-state index >= 15 is 0 Å². The zero-order valence-electron chi connectivity index (χ0n) is 19.2. The van der Waals surface area contributed by atoms with Crippen LogP contribution in [0.4, 0.5) is 0 Å². The maximum atomic E-state index is 9.49. The van der Waals surface area contributed by atoms with Crippen LogP contribution in [-0.2, 0) is 17.6 Å². The summed E-state index contributed by atoms with van der Waals surface area (Å²) in [6.07, 6.45) is 6.55. The first-order valence-electron chi connectivity index (χ1n) is 11.3. The molecule has 2 N–H and O–H groups in total. The summed E-state index contributed by atoms with van der Waals surface area (Å²) in [5.74, 6) is 0.306. The summed E-state index contributed by atoms with van der Waals surface area (Å²) in [5.41, 5.74) is 7.94. The molecule has 0 saturated carbocycles. The largest absolute Gasteiger partial charge is 0.508 e. The first-order chi connectivity index (χ1) is 15.5. The number of rotatable bonds is 9. The Labute approximate surface area is 192 Å². The number of aliphatic hydroxyl groups is 1. The zero-order chi connectivity index (χ0) is 23.3. The number of benzene rings is 3. The smallest absolute Gasteiger partial charge is 0.147 e. The van der Waals surface area contributed by atoms with Crippen LogP contribution in [0.15, 0.2) is 78.9 Å². The molecule has 0 unspecified atom stereocenters. The van der Waals surface area contributed by atoms with Crippen molar-refractivity contribution in [2.75, 3.05) is 6.61 Å². The number of phenols is 1. The molecule has 0 atom stereocenters. The fraction of sp³-hybridized carbons (Fsp3) is 0.276. The van der Waals surface area contributed by atoms with Gasteiger partial charge in [0.1, 0.15) is 12.0 Å². The van der Waals surface area contributed by atoms with Crippen LogP contribution in [0.5, 0.6) is 5.75 Å². The number of hydrogen-bond acceptors (Lipinski definition) is 3. The highest BCUT2D eigenvalue weighted by atomic mass is 16.3. The minimum Gasteiger partial charge on any atom is -0.508 e. The molecule has 0 amide bonds. The van der Waals surface area contributed by atoms with E-state index in [0.717, 1.165) is 12.0 Å². The molecule has 0 heterocycles. The van der Waals surface area contributed by atoms with Gasteiger partial charge in [0, 0.05) is 5.57 Å². The van der Waals surface area contributed by atoms with Crippen LogP contribution in [-0.4, -0.2) is 23.1 Å². The van der Waals surface area contributed by atoms with E-state index in [9.17, 15) is 9.90 Å². The second-order valence-electron chi connectivity index (χ2n) is 7.86. The lowest BCUT2D eigenvalue weighted by molar-refractivity contribution is -0.105. The van der Waals surface area contributed by atoms with Gasteiger partial charge in [0.05, 0.1) is 6.61 Å². The van der Waals surface area contributed by atoms with Gasteiger partial charge in [-0.2, -0.15) is 0 Å². The normalized spacial score (nSPS) is 10.2. The van der Waals surface area contributed by atoms with Crippen molar-refractivity contribution in [3.05, 3.63) is 90.0 Å². The Balaban J connectivity index is 0.000000534. The molecular formula is C29H34O3. The van der Waals surface area contributed by atoms with Crippen molar-refractivity contribution in [2.45, 2.75) is 46.0 Å². The summed E-state index contributed by atoms with van der Waals surface area (Å²) >= 11 is 0. The van der Waals surface area contributed by atoms with E-state index in [4.69, 9.17) is 5.11 Å². The fourth-order valence-corrected chi connectivity index (χ4v) is 3.47. The lowest BCUT2D eigenvalue weighted by Gasteiger charge is -2.12. The molecule has 0 saturated heterocycles. The summed E-state index contributed by atoms with van der Waals surface area (Å²) in [4.78, 5) is 9.48. The SMILES string of the molecule is C=C(C=O)CO.CCCCCc1ccc(-c2ccc(-c3ccc(O)cc3)cc2CC)cc1. The minimum absolute atomic E-state index is 0.218. The molecule has 0 spiro atoms. The molecule has 0 bridgehead atoms. The lowest BCUT2D eigenvalue weighted by Crippen LogP contribution is -1.91. The van der Waals surface area contributed by atoms with Gasteiger partial charge in [0.2, 0.25) is 0 Å². The Bertz CT molecular complexity index is 986. The highest BCUT2D eigenvalue weighted by Gasteiger charge is 2.07. The molecule has 3 aromatic carbocycles. The average molecular weight is 431 g/mol. The summed E-state index contributed by atoms with van der Waals surface area (Å²) < 4.78 is 0. The maximum Gasteiger partial charge on any atom is 0.147 e. The number of carbonyl (C=O) groups excluding carboxylic acids is 1. The van der Waals surface area contributed by atoms with E-state index < -0.39 is 0 Å². The van der Waals surface area contributed by atoms with Crippen molar-refractivity contribution in [3.63, 3.8) is 0 Å². The van der Waals surface area contributed by atoms with E-state index in [2.05, 4.69) is 62.9 Å². The monoisotopic (exact) mass is 430 g/mol. The van der Waals surface area contributed by atoms with Crippen LogP contribution in [0.1, 0.15) is 44.2 Å². The molecule has 32 heavy (non-hydrogen) atoms. The Morgan fingerprint density at radius 3 is 2.03 bits per heavy atom. The highest BCUT2D eigenvalue weighted by Crippen LogP contribution is 2.30. The van der Waals surface area contributed by atoms with Crippen molar-refractivity contribution in [1.29, 1.82) is 0 Å². The number of aryl methyl sites for hydroxylation is 2. The van der Waals surface area contributed by atoms with E-state index in [1.165, 1.54) is 53.5 Å². The Morgan fingerprint density at radius 2 is 1.50 bits per heavy atom. The lowest BCUT2D eigenvalue weighted by atomic mass is 9.93. The second-order valence-corrected chi connectivity index (χ2v) is 7.86. The number of carbonyl (C=O) groups is 1. The van der Waals surface area contributed by atoms with Gasteiger partial charge in [-0.15, -0.1) is 0 Å². The topological polar surface area (TPSA) is 57.5 Å². The standard InChI is InChI=1S/C25H28O.C4H6O2/c1-3-5-6-7-19-8-10-22(11-9-19)25-17-14-23(18-20(25)4-2)21-12-15-24(26)16-13-21;1-4(2-5)3-6/h8-18,26H,3-7H2,1-2H3;2,6H,1,3H2. The van der Waals surface area contributed by atoms with E-state index in [-0.39, 0.29) is 12.2 Å². The van der Waals surface area contributed by atoms with Crippen molar-refractivity contribution >= 4 is 6.29 Å². The Morgan fingerprint density at radius 1 is 0.875 bits per heavy atom. The predicted octanol–water partition coefficient (Wildman–Crippen LogP) is 6.76. The number of unbranched alkanes of at least 4 members (excludes halogenated alkanes) is 2. The van der Waals surface area contributed by atoms with Crippen LogP contribution < -0.4 is 0 Å². The summed E-state index contributed by atoms with van der Waals surface area (Å²) in [5, 5.41) is 17.5. The fourth-order valence-electron chi connectivity index (χ4n) is 3.47. The third-order valence-corrected chi connectivity index (χ3v) is 5.39. The molecule has 168 valence electrons. The number of aldehydes is 1. The number of phenolic OH excluding ortho intramolecular Hbond substituents is 1. The van der Waals surface area contributed by atoms with Crippen molar-refractivity contribution in [1.82, 2.24) is 0 Å². The van der Waals surface area contributed by atoms with Crippen molar-refractivity contribution < 1.29 is 15.0 Å². The summed E-state index contributed by atoms with van der Waals surface area (Å²) in [7, 11) is 0. The maximum absolute atomic E-state index is 9.49. The van der Waals surface area contributed by atoms with E-state index in [1.807, 2.05) is 12.1 Å². The number of aliphatic hydroxyl groups excluding tert-OH is 1. The molecule has 0 fully saturated rings. The van der Waals surface area contributed by atoms with Crippen LogP contribution in [0.2, 0.25) is 0 Å². The molecule has 3 nitrogen and oxygen atoms in total. The predicted molar refractivity (Wildman–Crippen MR) is 134 cm³/mol. The average Bonchev–Trinajstić information content (AvgIpc) is 2.84. The summed E-state index contributed by atoms with van der Waals surface area (Å²) in [6, 6.07) is 23.2.